The van der Waals surface area contributed by atoms with Crippen LogP contribution in [0.25, 0.3) is 16.5 Å². The number of rotatable bonds is 4. The average molecular weight is 372 g/mol. The lowest BCUT2D eigenvalue weighted by Gasteiger charge is -2.15. The van der Waals surface area contributed by atoms with Crippen LogP contribution in [-0.2, 0) is 0 Å². The molecule has 2 aromatic heterocycles. The number of aromatic hydroxyl groups is 1. The zero-order valence-electron chi connectivity index (χ0n) is 15.0. The molecule has 2 heterocycles. The van der Waals surface area contributed by atoms with Gasteiger partial charge in [-0.05, 0) is 24.3 Å². The molecule has 7 heteroatoms. The Bertz CT molecular complexity index is 1230. The molecule has 7 nitrogen and oxygen atoms in total. The van der Waals surface area contributed by atoms with Gasteiger partial charge in [-0.3, -0.25) is 4.79 Å². The summed E-state index contributed by atoms with van der Waals surface area (Å²) in [5.41, 5.74) is 0.461. The van der Waals surface area contributed by atoms with E-state index in [9.17, 15) is 9.90 Å². The van der Waals surface area contributed by atoms with E-state index in [-0.39, 0.29) is 17.4 Å². The number of hydrogen-bond donors (Lipinski definition) is 1. The molecular formula is C21H16N4O3. The molecule has 0 saturated heterocycles. The molecule has 0 aliphatic heterocycles. The van der Waals surface area contributed by atoms with E-state index >= 15 is 0 Å². The third kappa shape index (κ3) is 2.99. The van der Waals surface area contributed by atoms with E-state index in [4.69, 9.17) is 4.74 Å². The number of nitrogens with zero attached hydrogens (tertiary/aromatic N) is 4. The van der Waals surface area contributed by atoms with Crippen molar-refractivity contribution in [2.75, 3.05) is 7.11 Å². The lowest BCUT2D eigenvalue weighted by atomic mass is 10.1. The molecule has 0 unspecified atom stereocenters. The van der Waals surface area contributed by atoms with Crippen molar-refractivity contribution in [3.63, 3.8) is 0 Å². The van der Waals surface area contributed by atoms with Crippen molar-refractivity contribution in [3.05, 3.63) is 82.9 Å². The molecule has 138 valence electrons. The normalized spacial score (nSPS) is 11.2. The van der Waals surface area contributed by atoms with Gasteiger partial charge in [0.1, 0.15) is 5.75 Å². The molecule has 4 rings (SSSR count). The van der Waals surface area contributed by atoms with Gasteiger partial charge in [-0.1, -0.05) is 30.3 Å². The Morgan fingerprint density at radius 2 is 1.68 bits per heavy atom. The second-order valence-electron chi connectivity index (χ2n) is 5.90. The highest BCUT2D eigenvalue weighted by molar-refractivity contribution is 6.02. The van der Waals surface area contributed by atoms with Crippen molar-refractivity contribution in [2.45, 2.75) is 0 Å². The zero-order valence-corrected chi connectivity index (χ0v) is 15.0. The smallest absolute Gasteiger partial charge is 0.265 e. The third-order valence-electron chi connectivity index (χ3n) is 4.29. The number of pyridine rings is 1. The van der Waals surface area contributed by atoms with Gasteiger partial charge in [-0.25, -0.2) is 19.5 Å². The van der Waals surface area contributed by atoms with Gasteiger partial charge in [0.15, 0.2) is 0 Å². The molecule has 0 aliphatic rings. The second kappa shape index (κ2) is 7.32. The van der Waals surface area contributed by atoms with E-state index in [1.54, 1.807) is 67.0 Å². The Hall–Kier alpha value is -4.00. The van der Waals surface area contributed by atoms with Crippen molar-refractivity contribution < 1.29 is 9.84 Å². The summed E-state index contributed by atoms with van der Waals surface area (Å²) in [7, 11) is 1.51. The second-order valence-corrected chi connectivity index (χ2v) is 5.90. The van der Waals surface area contributed by atoms with Crippen molar-refractivity contribution >= 4 is 22.9 Å². The standard InChI is InChI=1S/C21H16N4O3/c1-28-18-10-5-4-9-17(18)25-19(26)15-8-3-2-7-14(15)16(20(25)27)13-24-21-22-11-6-12-23-21/h2-13,27H,1H3. The lowest BCUT2D eigenvalue weighted by molar-refractivity contribution is 0.404. The molecule has 0 saturated carbocycles. The van der Waals surface area contributed by atoms with Crippen LogP contribution in [0.1, 0.15) is 5.56 Å². The fourth-order valence-electron chi connectivity index (χ4n) is 3.01. The minimum Gasteiger partial charge on any atom is -0.495 e. The fourth-order valence-corrected chi connectivity index (χ4v) is 3.01. The maximum absolute atomic E-state index is 13.1. The average Bonchev–Trinajstić information content (AvgIpc) is 2.75. The summed E-state index contributed by atoms with van der Waals surface area (Å²) < 4.78 is 6.58. The number of methoxy groups -OCH3 is 1. The number of ether oxygens (including phenoxy) is 1. The lowest BCUT2D eigenvalue weighted by Crippen LogP contribution is -2.20. The molecule has 0 radical (unpaired) electrons. The van der Waals surface area contributed by atoms with E-state index in [1.807, 2.05) is 0 Å². The first-order chi connectivity index (χ1) is 13.7. The van der Waals surface area contributed by atoms with Gasteiger partial charge < -0.3 is 9.84 Å². The van der Waals surface area contributed by atoms with Crippen LogP contribution >= 0.6 is 0 Å². The monoisotopic (exact) mass is 372 g/mol. The molecule has 0 bridgehead atoms. The number of fused-ring (bicyclic) bond motifs is 1. The van der Waals surface area contributed by atoms with Crippen LogP contribution in [0.4, 0.5) is 5.95 Å². The zero-order chi connectivity index (χ0) is 19.5. The summed E-state index contributed by atoms with van der Waals surface area (Å²) in [5.74, 6) is 0.471. The summed E-state index contributed by atoms with van der Waals surface area (Å²) >= 11 is 0. The quantitative estimate of drug-likeness (QED) is 0.556. The molecule has 0 aliphatic carbocycles. The van der Waals surface area contributed by atoms with Crippen LogP contribution in [0, 0.1) is 0 Å². The van der Waals surface area contributed by atoms with E-state index < -0.39 is 0 Å². The predicted octanol–water partition coefficient (Wildman–Crippen LogP) is 3.25. The van der Waals surface area contributed by atoms with Gasteiger partial charge in [0.2, 0.25) is 11.8 Å². The van der Waals surface area contributed by atoms with E-state index in [0.29, 0.717) is 27.8 Å². The Balaban J connectivity index is 2.02. The van der Waals surface area contributed by atoms with Crippen LogP contribution in [0.3, 0.4) is 0 Å². The van der Waals surface area contributed by atoms with Gasteiger partial charge in [0, 0.05) is 29.4 Å². The van der Waals surface area contributed by atoms with Crippen molar-refractivity contribution in [2.24, 2.45) is 4.99 Å². The van der Waals surface area contributed by atoms with E-state index in [0.717, 1.165) is 0 Å². The Labute approximate surface area is 160 Å². The summed E-state index contributed by atoms with van der Waals surface area (Å²) in [6.07, 6.45) is 4.61. The molecule has 0 fully saturated rings. The number of hydrogen-bond acceptors (Lipinski definition) is 6. The van der Waals surface area contributed by atoms with Crippen LogP contribution in [0.5, 0.6) is 11.6 Å². The number of benzene rings is 2. The third-order valence-corrected chi connectivity index (χ3v) is 4.29. The summed E-state index contributed by atoms with van der Waals surface area (Å²) in [5, 5.41) is 12.0. The molecule has 28 heavy (non-hydrogen) atoms. The topological polar surface area (TPSA) is 89.6 Å². The minimum atomic E-state index is -0.356. The highest BCUT2D eigenvalue weighted by Gasteiger charge is 2.18. The van der Waals surface area contributed by atoms with E-state index in [1.165, 1.54) is 17.9 Å². The fraction of sp³-hybridized carbons (Fsp3) is 0.0476. The molecule has 2 aromatic carbocycles. The van der Waals surface area contributed by atoms with Crippen molar-refractivity contribution in [1.82, 2.24) is 14.5 Å². The Morgan fingerprint density at radius 3 is 2.43 bits per heavy atom. The minimum absolute atomic E-state index is 0.243. The maximum atomic E-state index is 13.1. The van der Waals surface area contributed by atoms with E-state index in [2.05, 4.69) is 15.0 Å². The molecular weight excluding hydrogens is 356 g/mol. The number of aliphatic imine (C=N–C) groups is 1. The molecule has 0 atom stereocenters. The summed E-state index contributed by atoms with van der Waals surface area (Å²) in [6, 6.07) is 15.7. The highest BCUT2D eigenvalue weighted by Crippen LogP contribution is 2.30. The summed E-state index contributed by atoms with van der Waals surface area (Å²) in [6.45, 7) is 0. The van der Waals surface area contributed by atoms with Crippen LogP contribution in [-0.4, -0.2) is 33.0 Å². The highest BCUT2D eigenvalue weighted by atomic mass is 16.5. The molecule has 4 aromatic rings. The number of aromatic nitrogens is 3. The number of para-hydroxylation sites is 2. The molecule has 0 spiro atoms. The van der Waals surface area contributed by atoms with Crippen molar-refractivity contribution in [1.29, 1.82) is 0 Å². The first-order valence-electron chi connectivity index (χ1n) is 8.52. The van der Waals surface area contributed by atoms with Gasteiger partial charge in [-0.2, -0.15) is 0 Å². The maximum Gasteiger partial charge on any atom is 0.265 e. The van der Waals surface area contributed by atoms with Crippen molar-refractivity contribution in [3.8, 4) is 17.3 Å². The summed E-state index contributed by atoms with van der Waals surface area (Å²) in [4.78, 5) is 25.5. The van der Waals surface area contributed by atoms with Crippen LogP contribution < -0.4 is 10.3 Å². The van der Waals surface area contributed by atoms with Gasteiger partial charge in [0.25, 0.3) is 5.56 Å². The molecule has 1 N–H and O–H groups in total. The Kier molecular flexibility index (Phi) is 4.55. The van der Waals surface area contributed by atoms with Crippen LogP contribution in [0.2, 0.25) is 0 Å². The first kappa shape index (κ1) is 17.4. The Morgan fingerprint density at radius 1 is 1.00 bits per heavy atom. The van der Waals surface area contributed by atoms with Gasteiger partial charge in [0.05, 0.1) is 18.4 Å². The predicted molar refractivity (Wildman–Crippen MR) is 107 cm³/mol. The SMILES string of the molecule is COc1ccccc1-n1c(O)c(C=Nc2ncccn2)c2ccccc2c1=O. The largest absolute Gasteiger partial charge is 0.495 e. The van der Waals surface area contributed by atoms with Gasteiger partial charge in [-0.15, -0.1) is 0 Å². The van der Waals surface area contributed by atoms with Gasteiger partial charge >= 0.3 is 0 Å². The first-order valence-corrected chi connectivity index (χ1v) is 8.52. The van der Waals surface area contributed by atoms with Crippen LogP contribution in [0.15, 0.2) is 76.8 Å². The molecule has 0 amide bonds.